The molecule has 0 aromatic heterocycles. The van der Waals surface area contributed by atoms with Crippen LogP contribution in [0.5, 0.6) is 5.75 Å². The molecule has 2 aromatic rings. The third-order valence-corrected chi connectivity index (χ3v) is 5.47. The molecule has 0 amide bonds. The van der Waals surface area contributed by atoms with Crippen molar-refractivity contribution < 1.29 is 31.8 Å². The number of hydrogen-bond donors (Lipinski definition) is 1. The summed E-state index contributed by atoms with van der Waals surface area (Å²) in [5, 5.41) is 10.7. The quantitative estimate of drug-likeness (QED) is 0.383. The molecule has 1 heterocycles. The van der Waals surface area contributed by atoms with Crippen LogP contribution in [0.3, 0.4) is 0 Å². The van der Waals surface area contributed by atoms with Crippen molar-refractivity contribution in [3.63, 3.8) is 0 Å². The van der Waals surface area contributed by atoms with Crippen LogP contribution in [0.25, 0.3) is 0 Å². The summed E-state index contributed by atoms with van der Waals surface area (Å²) in [6.45, 7) is 5.53. The van der Waals surface area contributed by atoms with Gasteiger partial charge in [0.15, 0.2) is 0 Å². The van der Waals surface area contributed by atoms with Crippen LogP contribution < -0.4 is 9.64 Å². The first-order valence-corrected chi connectivity index (χ1v) is 9.98. The Kier molecular flexibility index (Phi) is 6.32. The molecule has 2 unspecified atom stereocenters. The minimum absolute atomic E-state index is 0.0377. The number of benzene rings is 2. The van der Waals surface area contributed by atoms with Crippen molar-refractivity contribution in [1.82, 2.24) is 0 Å². The molecule has 1 aliphatic rings. The van der Waals surface area contributed by atoms with Gasteiger partial charge < -0.3 is 14.7 Å². The lowest BCUT2D eigenvalue weighted by molar-refractivity contribution is -0.219. The lowest BCUT2D eigenvalue weighted by Crippen LogP contribution is -2.64. The molecule has 0 spiro atoms. The van der Waals surface area contributed by atoms with Crippen molar-refractivity contribution in [3.8, 4) is 5.75 Å². The van der Waals surface area contributed by atoms with Crippen LogP contribution in [0.1, 0.15) is 43.4 Å². The highest BCUT2D eigenvalue weighted by molar-refractivity contribution is 5.65. The number of halogens is 5. The Morgan fingerprint density at radius 2 is 1.74 bits per heavy atom. The van der Waals surface area contributed by atoms with Crippen molar-refractivity contribution in [3.05, 3.63) is 72.3 Å². The molecule has 0 aliphatic carbocycles. The van der Waals surface area contributed by atoms with Gasteiger partial charge in [-0.3, -0.25) is 0 Å². The van der Waals surface area contributed by atoms with Crippen LogP contribution in [-0.4, -0.2) is 23.3 Å². The number of rotatable bonds is 8. The SMILES string of the molecule is C=CCN1c2ccccc2OC1(CCCC)C(F)(F)C(O)c1ccc(C(F)(F)F)cc1. The smallest absolute Gasteiger partial charge is 0.416 e. The van der Waals surface area contributed by atoms with Gasteiger partial charge in [0.1, 0.15) is 11.9 Å². The summed E-state index contributed by atoms with van der Waals surface area (Å²) in [4.78, 5) is 1.37. The number of hydrogen-bond acceptors (Lipinski definition) is 3. The number of anilines is 1. The maximum atomic E-state index is 16.0. The molecule has 0 saturated carbocycles. The van der Waals surface area contributed by atoms with Gasteiger partial charge in [0, 0.05) is 13.0 Å². The molecule has 0 fully saturated rings. The van der Waals surface area contributed by atoms with Crippen molar-refractivity contribution in [2.24, 2.45) is 0 Å². The molecule has 0 saturated heterocycles. The third-order valence-electron chi connectivity index (χ3n) is 5.47. The summed E-state index contributed by atoms with van der Waals surface area (Å²) < 4.78 is 76.3. The van der Waals surface area contributed by atoms with E-state index < -0.39 is 29.5 Å². The van der Waals surface area contributed by atoms with Crippen molar-refractivity contribution >= 4 is 5.69 Å². The number of aliphatic hydroxyl groups is 1. The van der Waals surface area contributed by atoms with Crippen LogP contribution in [0.15, 0.2) is 61.2 Å². The first kappa shape index (κ1) is 23.1. The van der Waals surface area contributed by atoms with E-state index >= 15 is 8.78 Å². The fourth-order valence-corrected chi connectivity index (χ4v) is 3.87. The Morgan fingerprint density at radius 3 is 2.32 bits per heavy atom. The van der Waals surface area contributed by atoms with Gasteiger partial charge in [0.05, 0.1) is 11.3 Å². The Bertz CT molecular complexity index is 913. The summed E-state index contributed by atoms with van der Waals surface area (Å²) in [6.07, 6.45) is -4.63. The van der Waals surface area contributed by atoms with Gasteiger partial charge in [-0.05, 0) is 36.2 Å². The highest BCUT2D eigenvalue weighted by Crippen LogP contribution is 2.54. The highest BCUT2D eigenvalue weighted by Gasteiger charge is 2.66. The van der Waals surface area contributed by atoms with Crippen molar-refractivity contribution in [2.75, 3.05) is 11.4 Å². The van der Waals surface area contributed by atoms with E-state index in [-0.39, 0.29) is 24.3 Å². The molecule has 1 N–H and O–H groups in total. The summed E-state index contributed by atoms with van der Waals surface area (Å²) in [7, 11) is 0. The average molecular weight is 441 g/mol. The molecule has 31 heavy (non-hydrogen) atoms. The van der Waals surface area contributed by atoms with Gasteiger partial charge in [-0.2, -0.15) is 22.0 Å². The largest absolute Gasteiger partial charge is 0.459 e. The van der Waals surface area contributed by atoms with E-state index in [2.05, 4.69) is 6.58 Å². The molecular weight excluding hydrogens is 417 g/mol. The van der Waals surface area contributed by atoms with E-state index in [1.807, 2.05) is 6.92 Å². The maximum absolute atomic E-state index is 16.0. The second-order valence-electron chi connectivity index (χ2n) is 7.50. The number of alkyl halides is 5. The van der Waals surface area contributed by atoms with Crippen LogP contribution in [0.2, 0.25) is 0 Å². The standard InChI is InChI=1S/C23H24F5NO2/c1-3-5-14-21(29(15-4-2)18-8-6-7-9-19(18)31-21)22(24,25)20(30)16-10-12-17(13-11-16)23(26,27)28/h4,6-13,20,30H,2-3,5,14-15H2,1H3. The fourth-order valence-electron chi connectivity index (χ4n) is 3.87. The molecule has 2 atom stereocenters. The average Bonchev–Trinajstić information content (AvgIpc) is 3.06. The Hall–Kier alpha value is -2.61. The van der Waals surface area contributed by atoms with E-state index in [0.717, 1.165) is 12.1 Å². The molecule has 3 nitrogen and oxygen atoms in total. The second kappa shape index (κ2) is 8.49. The van der Waals surface area contributed by atoms with Crippen molar-refractivity contribution in [1.29, 1.82) is 0 Å². The Labute approximate surface area is 177 Å². The lowest BCUT2D eigenvalue weighted by atomic mass is 9.89. The van der Waals surface area contributed by atoms with E-state index in [0.29, 0.717) is 30.7 Å². The summed E-state index contributed by atoms with van der Waals surface area (Å²) >= 11 is 0. The predicted octanol–water partition coefficient (Wildman–Crippen LogP) is 6.35. The zero-order valence-electron chi connectivity index (χ0n) is 17.0. The van der Waals surface area contributed by atoms with Crippen LogP contribution in [0, 0.1) is 0 Å². The second-order valence-corrected chi connectivity index (χ2v) is 7.50. The normalized spacial score (nSPS) is 19.6. The zero-order valence-corrected chi connectivity index (χ0v) is 17.0. The fraction of sp³-hybridized carbons (Fsp3) is 0.391. The van der Waals surface area contributed by atoms with E-state index in [1.54, 1.807) is 24.3 Å². The number of para-hydroxylation sites is 2. The first-order valence-electron chi connectivity index (χ1n) is 9.98. The monoisotopic (exact) mass is 441 g/mol. The van der Waals surface area contributed by atoms with Crippen LogP contribution >= 0.6 is 0 Å². The zero-order chi connectivity index (χ0) is 22.9. The summed E-state index contributed by atoms with van der Waals surface area (Å²) in [5.41, 5.74) is -3.08. The third kappa shape index (κ3) is 4.01. The minimum atomic E-state index is -4.61. The molecule has 1 aliphatic heterocycles. The van der Waals surface area contributed by atoms with E-state index in [9.17, 15) is 18.3 Å². The van der Waals surface area contributed by atoms with Gasteiger partial charge in [-0.15, -0.1) is 6.58 Å². The summed E-state index contributed by atoms with van der Waals surface area (Å²) in [5.74, 6) is -3.61. The first-order chi connectivity index (χ1) is 14.6. The topological polar surface area (TPSA) is 32.7 Å². The molecule has 2 aromatic carbocycles. The number of fused-ring (bicyclic) bond motifs is 1. The molecule has 0 bridgehead atoms. The number of nitrogens with zero attached hydrogens (tertiary/aromatic N) is 1. The van der Waals surface area contributed by atoms with Gasteiger partial charge in [-0.25, -0.2) is 0 Å². The summed E-state index contributed by atoms with van der Waals surface area (Å²) in [6, 6.07) is 9.67. The Balaban J connectivity index is 2.05. The van der Waals surface area contributed by atoms with E-state index in [4.69, 9.17) is 4.74 Å². The van der Waals surface area contributed by atoms with Gasteiger partial charge in [0.2, 0.25) is 5.72 Å². The molecular formula is C23H24F5NO2. The number of aliphatic hydroxyl groups excluding tert-OH is 1. The van der Waals surface area contributed by atoms with Gasteiger partial charge in [0.25, 0.3) is 0 Å². The molecule has 8 heteroatoms. The lowest BCUT2D eigenvalue weighted by Gasteiger charge is -2.45. The molecule has 0 radical (unpaired) electrons. The Morgan fingerprint density at radius 1 is 1.10 bits per heavy atom. The number of ether oxygens (including phenoxy) is 1. The predicted molar refractivity (Wildman–Crippen MR) is 108 cm³/mol. The van der Waals surface area contributed by atoms with Crippen molar-refractivity contribution in [2.45, 2.75) is 50.1 Å². The van der Waals surface area contributed by atoms with Crippen LogP contribution in [0.4, 0.5) is 27.6 Å². The number of unbranched alkanes of at least 4 members (excludes halogenated alkanes) is 1. The minimum Gasteiger partial charge on any atom is -0.459 e. The van der Waals surface area contributed by atoms with Crippen LogP contribution in [-0.2, 0) is 6.18 Å². The van der Waals surface area contributed by atoms with Gasteiger partial charge in [-0.1, -0.05) is 43.7 Å². The molecule has 168 valence electrons. The van der Waals surface area contributed by atoms with Gasteiger partial charge >= 0.3 is 12.1 Å². The maximum Gasteiger partial charge on any atom is 0.416 e. The molecule has 3 rings (SSSR count). The highest BCUT2D eigenvalue weighted by atomic mass is 19.4. The van der Waals surface area contributed by atoms with E-state index in [1.165, 1.54) is 11.0 Å².